The van der Waals surface area contributed by atoms with Crippen molar-refractivity contribution < 1.29 is 19.8 Å². The molecule has 10 heteroatoms. The molecule has 0 aromatic rings. The van der Waals surface area contributed by atoms with E-state index < -0.39 is 18.0 Å². The van der Waals surface area contributed by atoms with Crippen LogP contribution in [0, 0.1) is 23.2 Å². The van der Waals surface area contributed by atoms with Crippen LogP contribution in [0.4, 0.5) is 0 Å². The lowest BCUT2D eigenvalue weighted by Crippen LogP contribution is -2.63. The van der Waals surface area contributed by atoms with Crippen LogP contribution in [0.2, 0.25) is 0 Å². The number of carbonyl (C=O) groups excluding carboxylic acids is 1. The van der Waals surface area contributed by atoms with Crippen molar-refractivity contribution in [1.29, 1.82) is 5.41 Å². The quantitative estimate of drug-likeness (QED) is 0.262. The molecule has 4 rings (SSSR count). The number of nitrogens with zero attached hydrogens (tertiary/aromatic N) is 3. The number of guanidine groups is 1. The molecule has 0 spiro atoms. The van der Waals surface area contributed by atoms with Crippen molar-refractivity contribution in [2.75, 3.05) is 32.7 Å². The average Bonchev–Trinajstić information content (AvgIpc) is 3.15. The average molecular weight is 424 g/mol. The molecule has 160 valence electrons. The molecular formula is C19H29N5O4S. The van der Waals surface area contributed by atoms with Crippen molar-refractivity contribution in [3.05, 3.63) is 10.6 Å². The van der Waals surface area contributed by atoms with Gasteiger partial charge in [-0.25, -0.2) is 4.79 Å². The second-order valence-electron chi connectivity index (χ2n) is 8.72. The third kappa shape index (κ3) is 3.40. The van der Waals surface area contributed by atoms with Crippen molar-refractivity contribution >= 4 is 29.6 Å². The van der Waals surface area contributed by atoms with E-state index in [4.69, 9.17) is 11.1 Å². The second kappa shape index (κ2) is 7.48. The van der Waals surface area contributed by atoms with Gasteiger partial charge in [0.1, 0.15) is 5.70 Å². The van der Waals surface area contributed by atoms with E-state index in [1.807, 2.05) is 11.8 Å². The molecule has 4 aliphatic heterocycles. The normalized spacial score (nSPS) is 33.6. The van der Waals surface area contributed by atoms with Crippen LogP contribution in [0.15, 0.2) is 10.6 Å². The van der Waals surface area contributed by atoms with Gasteiger partial charge in [0.2, 0.25) is 5.91 Å². The Balaban J connectivity index is 1.35. The molecule has 5 atom stereocenters. The number of aliphatic hydroxyl groups excluding tert-OH is 1. The van der Waals surface area contributed by atoms with E-state index in [9.17, 15) is 19.8 Å². The summed E-state index contributed by atoms with van der Waals surface area (Å²) < 4.78 is 0. The van der Waals surface area contributed by atoms with Crippen molar-refractivity contribution in [1.82, 2.24) is 14.7 Å². The lowest BCUT2D eigenvalue weighted by Gasteiger charge is -2.46. The number of aliphatic hydroxyl groups is 1. The van der Waals surface area contributed by atoms with E-state index in [0.717, 1.165) is 44.0 Å². The van der Waals surface area contributed by atoms with E-state index in [2.05, 4.69) is 4.90 Å². The van der Waals surface area contributed by atoms with Crippen LogP contribution in [0.3, 0.4) is 0 Å². The molecule has 4 aliphatic rings. The fourth-order valence-corrected chi connectivity index (χ4v) is 6.75. The van der Waals surface area contributed by atoms with E-state index in [-0.39, 0.29) is 29.5 Å². The van der Waals surface area contributed by atoms with E-state index in [0.29, 0.717) is 11.2 Å². The number of amides is 1. The summed E-state index contributed by atoms with van der Waals surface area (Å²) in [5.74, 6) is -1.28. The first-order valence-electron chi connectivity index (χ1n) is 10.2. The highest BCUT2D eigenvalue weighted by molar-refractivity contribution is 8.03. The molecule has 9 nitrogen and oxygen atoms in total. The van der Waals surface area contributed by atoms with Crippen molar-refractivity contribution in [2.24, 2.45) is 23.5 Å². The Morgan fingerprint density at radius 3 is 2.62 bits per heavy atom. The lowest BCUT2D eigenvalue weighted by atomic mass is 9.79. The zero-order chi connectivity index (χ0) is 21.0. The third-order valence-corrected chi connectivity index (χ3v) is 8.12. The summed E-state index contributed by atoms with van der Waals surface area (Å²) in [5.41, 5.74) is 5.67. The topological polar surface area (TPSA) is 134 Å². The molecule has 0 aliphatic carbocycles. The van der Waals surface area contributed by atoms with Gasteiger partial charge in [0.15, 0.2) is 5.96 Å². The Kier molecular flexibility index (Phi) is 5.28. The molecule has 1 unspecified atom stereocenters. The standard InChI is InChI=1S/C19H29N5O4S/c1-9-14-13(10(2)25)17(26)24(14)15(18(27)28)16(9)29-12-7-22(8-12)5-11-3-4-23(6-11)19(20)21/h9-14,25H,3-8H2,1-2H3,(H3,20,21)(H,27,28)/t9-,10?,11-,13-,14-/m1/s1. The second-order valence-corrected chi connectivity index (χ2v) is 10.1. The number of nitrogens with two attached hydrogens (primary N) is 1. The number of hydrogen-bond donors (Lipinski definition) is 4. The first-order chi connectivity index (χ1) is 13.7. The molecule has 29 heavy (non-hydrogen) atoms. The monoisotopic (exact) mass is 423 g/mol. The van der Waals surface area contributed by atoms with Crippen LogP contribution in [0.1, 0.15) is 20.3 Å². The highest BCUT2D eigenvalue weighted by atomic mass is 32.2. The molecule has 4 heterocycles. The van der Waals surface area contributed by atoms with Gasteiger partial charge in [0, 0.05) is 48.8 Å². The number of β-lactam (4-membered cyclic amide) rings is 1. The third-order valence-electron chi connectivity index (χ3n) is 6.67. The smallest absolute Gasteiger partial charge is 0.353 e. The van der Waals surface area contributed by atoms with Crippen LogP contribution in [-0.4, -0.2) is 92.9 Å². The number of hydrogen-bond acceptors (Lipinski definition) is 6. The summed E-state index contributed by atoms with van der Waals surface area (Å²) in [6.45, 7) is 7.98. The number of fused-ring (bicyclic) bond motifs is 1. The molecule has 0 bridgehead atoms. The molecule has 5 N–H and O–H groups in total. The maximum Gasteiger partial charge on any atom is 0.353 e. The maximum atomic E-state index is 12.4. The first-order valence-corrected chi connectivity index (χ1v) is 11.0. The van der Waals surface area contributed by atoms with Crippen molar-refractivity contribution in [3.63, 3.8) is 0 Å². The molecule has 0 aromatic carbocycles. The van der Waals surface area contributed by atoms with Gasteiger partial charge in [-0.05, 0) is 19.3 Å². The number of rotatable bonds is 6. The molecule has 3 saturated heterocycles. The van der Waals surface area contributed by atoms with Gasteiger partial charge in [0.05, 0.1) is 18.1 Å². The van der Waals surface area contributed by atoms with Gasteiger partial charge in [-0.1, -0.05) is 6.92 Å². The number of nitrogens with one attached hydrogen (secondary N) is 1. The van der Waals surface area contributed by atoms with E-state index in [1.165, 1.54) is 4.90 Å². The summed E-state index contributed by atoms with van der Waals surface area (Å²) in [7, 11) is 0. The summed E-state index contributed by atoms with van der Waals surface area (Å²) in [4.78, 5) is 30.7. The number of likely N-dealkylation sites (tertiary alicyclic amines) is 2. The summed E-state index contributed by atoms with van der Waals surface area (Å²) in [5, 5.41) is 27.5. The van der Waals surface area contributed by atoms with Crippen LogP contribution in [0.25, 0.3) is 0 Å². The summed E-state index contributed by atoms with van der Waals surface area (Å²) >= 11 is 1.59. The van der Waals surface area contributed by atoms with Crippen LogP contribution in [-0.2, 0) is 9.59 Å². The number of carbonyl (C=O) groups is 2. The maximum absolute atomic E-state index is 12.4. The minimum absolute atomic E-state index is 0.0728. The molecule has 3 fully saturated rings. The minimum atomic E-state index is -1.06. The fraction of sp³-hybridized carbons (Fsp3) is 0.737. The fourth-order valence-electron chi connectivity index (χ4n) is 5.17. The van der Waals surface area contributed by atoms with Gasteiger partial charge in [0.25, 0.3) is 0 Å². The molecule has 0 aromatic heterocycles. The lowest BCUT2D eigenvalue weighted by molar-refractivity contribution is -0.163. The van der Waals surface area contributed by atoms with Crippen LogP contribution >= 0.6 is 11.8 Å². The Labute approximate surface area is 174 Å². The number of aliphatic carboxylic acids is 1. The Bertz CT molecular complexity index is 766. The Hall–Kier alpha value is -1.78. The largest absolute Gasteiger partial charge is 0.477 e. The van der Waals surface area contributed by atoms with Crippen LogP contribution in [0.5, 0.6) is 0 Å². The zero-order valence-corrected chi connectivity index (χ0v) is 17.6. The van der Waals surface area contributed by atoms with Gasteiger partial charge in [-0.15, -0.1) is 11.8 Å². The molecule has 0 radical (unpaired) electrons. The highest BCUT2D eigenvalue weighted by Gasteiger charge is 2.60. The highest BCUT2D eigenvalue weighted by Crippen LogP contribution is 2.51. The predicted octanol–water partition coefficient (Wildman–Crippen LogP) is -0.227. The van der Waals surface area contributed by atoms with E-state index >= 15 is 0 Å². The zero-order valence-electron chi connectivity index (χ0n) is 16.7. The van der Waals surface area contributed by atoms with E-state index in [1.54, 1.807) is 18.7 Å². The van der Waals surface area contributed by atoms with Crippen LogP contribution < -0.4 is 5.73 Å². The predicted molar refractivity (Wildman–Crippen MR) is 109 cm³/mol. The number of carboxylic acid groups (broad SMARTS) is 1. The van der Waals surface area contributed by atoms with Crippen molar-refractivity contribution in [3.8, 4) is 0 Å². The minimum Gasteiger partial charge on any atom is -0.477 e. The Morgan fingerprint density at radius 1 is 1.38 bits per heavy atom. The Morgan fingerprint density at radius 2 is 2.07 bits per heavy atom. The SMILES string of the molecule is CC(O)[C@H]1C(=O)N2C(C(=O)O)=C(SC3CN(C[C@H]4CCN(C(=N)N)C4)C3)[C@H](C)[C@H]12. The van der Waals surface area contributed by atoms with Gasteiger partial charge >= 0.3 is 5.97 Å². The number of carboxylic acids is 1. The van der Waals surface area contributed by atoms with Gasteiger partial charge in [-0.2, -0.15) is 0 Å². The van der Waals surface area contributed by atoms with Gasteiger partial charge < -0.3 is 30.6 Å². The summed E-state index contributed by atoms with van der Waals surface area (Å²) in [6, 6.07) is -0.247. The molecule has 0 saturated carbocycles. The molecular weight excluding hydrogens is 394 g/mol. The number of thioether (sulfide) groups is 1. The summed E-state index contributed by atoms with van der Waals surface area (Å²) in [6.07, 6.45) is 0.268. The first kappa shape index (κ1) is 20.5. The van der Waals surface area contributed by atoms with Crippen molar-refractivity contribution in [2.45, 2.75) is 37.7 Å². The molecule has 1 amide bonds. The van der Waals surface area contributed by atoms with Gasteiger partial charge in [-0.3, -0.25) is 10.2 Å².